The Labute approximate surface area is 216 Å². The molecule has 7 nitrogen and oxygen atoms in total. The minimum Gasteiger partial charge on any atom is -0.347 e. The predicted molar refractivity (Wildman–Crippen MR) is 148 cm³/mol. The third-order valence-corrected chi connectivity index (χ3v) is 5.79. The number of hydrogen-bond acceptors (Lipinski definition) is 5. The van der Waals surface area contributed by atoms with Crippen LogP contribution in [-0.4, -0.2) is 47.0 Å². The fourth-order valence-electron chi connectivity index (χ4n) is 4.25. The maximum absolute atomic E-state index is 13.0. The van der Waals surface area contributed by atoms with Crippen LogP contribution in [0.3, 0.4) is 0 Å². The Bertz CT molecular complexity index is 992. The second-order valence-corrected chi connectivity index (χ2v) is 10.2. The number of H-pyrrole nitrogens is 1. The molecule has 1 heterocycles. The van der Waals surface area contributed by atoms with Crippen molar-refractivity contribution in [1.82, 2.24) is 25.6 Å². The van der Waals surface area contributed by atoms with Crippen molar-refractivity contribution in [2.75, 3.05) is 31.2 Å². The number of para-hydroxylation sites is 1. The monoisotopic (exact) mass is 490 g/mol. The van der Waals surface area contributed by atoms with Gasteiger partial charge in [0.25, 0.3) is 5.91 Å². The third kappa shape index (κ3) is 9.47. The van der Waals surface area contributed by atoms with Gasteiger partial charge in [-0.1, -0.05) is 58.0 Å². The van der Waals surface area contributed by atoms with Crippen LogP contribution in [0, 0.1) is 11.8 Å². The number of aromatic nitrogens is 2. The predicted octanol–water partition coefficient (Wildman–Crippen LogP) is 4.86. The van der Waals surface area contributed by atoms with Crippen LogP contribution in [-0.2, 0) is 13.1 Å². The highest BCUT2D eigenvalue weighted by Gasteiger charge is 2.14. The molecule has 0 aliphatic carbocycles. The first-order valence-corrected chi connectivity index (χ1v) is 13.0. The number of hydrazine groups is 1. The topological polar surface area (TPSA) is 76.3 Å². The molecule has 2 aromatic carbocycles. The zero-order valence-electron chi connectivity index (χ0n) is 22.2. The molecule has 194 valence electrons. The summed E-state index contributed by atoms with van der Waals surface area (Å²) in [6.07, 6.45) is 4.62. The van der Waals surface area contributed by atoms with E-state index in [0.29, 0.717) is 23.9 Å². The molecule has 0 saturated carbocycles. The molecule has 0 radical (unpaired) electrons. The normalized spacial score (nSPS) is 11.4. The fraction of sp³-hybridized carbons (Fsp3) is 0.448. The van der Waals surface area contributed by atoms with E-state index < -0.39 is 0 Å². The van der Waals surface area contributed by atoms with E-state index in [1.807, 2.05) is 54.6 Å². The van der Waals surface area contributed by atoms with Gasteiger partial charge in [0.05, 0.1) is 12.2 Å². The van der Waals surface area contributed by atoms with Crippen molar-refractivity contribution in [3.05, 3.63) is 83.9 Å². The highest BCUT2D eigenvalue weighted by molar-refractivity contribution is 5.95. The molecule has 0 bridgehead atoms. The Kier molecular flexibility index (Phi) is 11.0. The van der Waals surface area contributed by atoms with E-state index in [-0.39, 0.29) is 5.91 Å². The summed E-state index contributed by atoms with van der Waals surface area (Å²) in [4.78, 5) is 22.9. The Balaban J connectivity index is 1.47. The number of nitrogens with zero attached hydrogens (tertiary/aromatic N) is 3. The van der Waals surface area contributed by atoms with Gasteiger partial charge in [-0.3, -0.25) is 15.2 Å². The largest absolute Gasteiger partial charge is 0.347 e. The van der Waals surface area contributed by atoms with Crippen molar-refractivity contribution >= 4 is 11.6 Å². The van der Waals surface area contributed by atoms with Crippen molar-refractivity contribution < 1.29 is 4.79 Å². The first kappa shape index (κ1) is 27.4. The molecule has 3 rings (SSSR count). The molecular formula is C29H42N6O. The first-order valence-electron chi connectivity index (χ1n) is 13.0. The van der Waals surface area contributed by atoms with E-state index in [9.17, 15) is 4.79 Å². The molecule has 0 saturated heterocycles. The van der Waals surface area contributed by atoms with E-state index in [1.54, 1.807) is 17.4 Å². The number of benzene rings is 2. The second kappa shape index (κ2) is 14.4. The van der Waals surface area contributed by atoms with Gasteiger partial charge in [-0.05, 0) is 61.2 Å². The van der Waals surface area contributed by atoms with E-state index in [1.165, 1.54) is 5.56 Å². The van der Waals surface area contributed by atoms with Crippen molar-refractivity contribution in [3.8, 4) is 0 Å². The van der Waals surface area contributed by atoms with Gasteiger partial charge in [-0.15, -0.1) is 0 Å². The summed E-state index contributed by atoms with van der Waals surface area (Å²) in [6.45, 7) is 14.8. The summed E-state index contributed by atoms with van der Waals surface area (Å²) >= 11 is 0. The van der Waals surface area contributed by atoms with E-state index in [2.05, 4.69) is 53.3 Å². The summed E-state index contributed by atoms with van der Waals surface area (Å²) < 4.78 is 0. The number of amides is 1. The second-order valence-electron chi connectivity index (χ2n) is 10.2. The lowest BCUT2D eigenvalue weighted by Crippen LogP contribution is -2.42. The van der Waals surface area contributed by atoms with Crippen molar-refractivity contribution in [2.24, 2.45) is 11.8 Å². The van der Waals surface area contributed by atoms with Crippen molar-refractivity contribution in [2.45, 2.75) is 47.2 Å². The number of carbonyl (C=O) groups excluding carboxylic acids is 1. The van der Waals surface area contributed by atoms with Gasteiger partial charge < -0.3 is 15.2 Å². The number of nitrogens with one attached hydrogen (secondary N) is 3. The van der Waals surface area contributed by atoms with Gasteiger partial charge in [-0.25, -0.2) is 4.98 Å². The number of carbonyl (C=O) groups is 1. The van der Waals surface area contributed by atoms with Crippen LogP contribution >= 0.6 is 0 Å². The van der Waals surface area contributed by atoms with E-state index >= 15 is 0 Å². The molecule has 3 aromatic rings. The maximum atomic E-state index is 13.0. The molecular weight excluding hydrogens is 448 g/mol. The first-order chi connectivity index (χ1) is 17.4. The molecule has 0 atom stereocenters. The fourth-order valence-corrected chi connectivity index (χ4v) is 4.25. The molecule has 0 aliphatic heterocycles. The molecule has 36 heavy (non-hydrogen) atoms. The van der Waals surface area contributed by atoms with E-state index in [0.717, 1.165) is 50.7 Å². The lowest BCUT2D eigenvalue weighted by molar-refractivity contribution is 0.0948. The molecule has 0 fully saturated rings. The summed E-state index contributed by atoms with van der Waals surface area (Å²) in [5, 5.41) is 5.35. The van der Waals surface area contributed by atoms with Gasteiger partial charge in [0.2, 0.25) is 0 Å². The molecule has 1 amide bonds. The average molecular weight is 491 g/mol. The Morgan fingerprint density at radius 3 is 2.28 bits per heavy atom. The zero-order chi connectivity index (χ0) is 25.8. The van der Waals surface area contributed by atoms with Crippen molar-refractivity contribution in [1.29, 1.82) is 0 Å². The highest BCUT2D eigenvalue weighted by Crippen LogP contribution is 2.14. The van der Waals surface area contributed by atoms with E-state index in [4.69, 9.17) is 0 Å². The smallest absolute Gasteiger partial charge is 0.269 e. The van der Waals surface area contributed by atoms with Crippen LogP contribution in [0.15, 0.2) is 67.0 Å². The van der Waals surface area contributed by atoms with Crippen LogP contribution in [0.4, 0.5) is 5.69 Å². The maximum Gasteiger partial charge on any atom is 0.269 e. The van der Waals surface area contributed by atoms with Crippen LogP contribution in [0.25, 0.3) is 0 Å². The van der Waals surface area contributed by atoms with Gasteiger partial charge in [-0.2, -0.15) is 0 Å². The molecule has 7 heteroatoms. The SMILES string of the molecule is CC(C)CN(CCCNCc1ccc(C(=O)NN(Cc2ncc[nH]2)c2ccccc2)cc1)CC(C)C. The molecule has 3 N–H and O–H groups in total. The lowest BCUT2D eigenvalue weighted by Gasteiger charge is -2.26. The average Bonchev–Trinajstić information content (AvgIpc) is 3.37. The Morgan fingerprint density at radius 2 is 1.67 bits per heavy atom. The van der Waals surface area contributed by atoms with Gasteiger partial charge in [0, 0.05) is 37.6 Å². The zero-order valence-corrected chi connectivity index (χ0v) is 22.2. The van der Waals surface area contributed by atoms with Crippen LogP contribution in [0.5, 0.6) is 0 Å². The van der Waals surface area contributed by atoms with Gasteiger partial charge >= 0.3 is 0 Å². The van der Waals surface area contributed by atoms with Crippen LogP contribution in [0.1, 0.15) is 55.9 Å². The molecule has 1 aromatic heterocycles. The number of aromatic amines is 1. The van der Waals surface area contributed by atoms with Crippen LogP contribution < -0.4 is 15.8 Å². The number of hydrogen-bond donors (Lipinski definition) is 3. The van der Waals surface area contributed by atoms with Crippen molar-refractivity contribution in [3.63, 3.8) is 0 Å². The van der Waals surface area contributed by atoms with Crippen LogP contribution in [0.2, 0.25) is 0 Å². The Morgan fingerprint density at radius 1 is 0.972 bits per heavy atom. The summed E-state index contributed by atoms with van der Waals surface area (Å²) in [5.74, 6) is 2.01. The number of imidazole rings is 1. The highest BCUT2D eigenvalue weighted by atomic mass is 16.2. The number of rotatable bonds is 15. The lowest BCUT2D eigenvalue weighted by atomic mass is 10.1. The standard InChI is InChI=1S/C29H42N6O/c1-23(2)20-34(21-24(3)4)18-8-15-30-19-25-11-13-26(14-12-25)29(36)33-35(22-28-31-16-17-32-28)27-9-6-5-7-10-27/h5-7,9-14,16-17,23-24,30H,8,15,18-22H2,1-4H3,(H,31,32)(H,33,36). The quantitative estimate of drug-likeness (QED) is 0.210. The molecule has 0 unspecified atom stereocenters. The minimum atomic E-state index is -0.152. The third-order valence-electron chi connectivity index (χ3n) is 5.79. The van der Waals surface area contributed by atoms with Gasteiger partial charge in [0.15, 0.2) is 0 Å². The summed E-state index contributed by atoms with van der Waals surface area (Å²) in [6, 6.07) is 17.6. The Hall–Kier alpha value is -3.16. The number of anilines is 1. The molecule has 0 spiro atoms. The summed E-state index contributed by atoms with van der Waals surface area (Å²) in [7, 11) is 0. The summed E-state index contributed by atoms with van der Waals surface area (Å²) in [5.41, 5.74) is 5.70. The minimum absolute atomic E-state index is 0.152. The molecule has 0 aliphatic rings. The van der Waals surface area contributed by atoms with Gasteiger partial charge in [0.1, 0.15) is 5.82 Å².